The second kappa shape index (κ2) is 16.2. The van der Waals surface area contributed by atoms with Gasteiger partial charge in [0.1, 0.15) is 22.9 Å². The van der Waals surface area contributed by atoms with Crippen LogP contribution < -0.4 is 14.2 Å². The molecule has 3 rings (SSSR count). The maximum absolute atomic E-state index is 14.4. The highest BCUT2D eigenvalue weighted by Crippen LogP contribution is 2.32. The Labute approximate surface area is 239 Å². The fraction of sp³-hybridized carbons (Fsp3) is 0.375. The number of benzene rings is 3. The Hall–Kier alpha value is -4.14. The maximum atomic E-state index is 14.4. The van der Waals surface area contributed by atoms with Gasteiger partial charge >= 0.3 is 5.97 Å². The Bertz CT molecular complexity index is 1300. The molecular weight excluding hydrogens is 532 g/mol. The van der Waals surface area contributed by atoms with Crippen LogP contribution >= 0.6 is 0 Å². The van der Waals surface area contributed by atoms with Gasteiger partial charge in [0.25, 0.3) is 5.91 Å². The first-order chi connectivity index (χ1) is 19.8. The summed E-state index contributed by atoms with van der Waals surface area (Å²) in [6.45, 7) is 2.46. The van der Waals surface area contributed by atoms with Crippen LogP contribution in [0.25, 0.3) is 0 Å². The molecule has 220 valence electrons. The van der Waals surface area contributed by atoms with E-state index in [-0.39, 0.29) is 42.5 Å². The van der Waals surface area contributed by atoms with Crippen molar-refractivity contribution in [3.63, 3.8) is 0 Å². The molecule has 0 spiro atoms. The van der Waals surface area contributed by atoms with Crippen molar-refractivity contribution in [1.29, 1.82) is 0 Å². The van der Waals surface area contributed by atoms with E-state index in [2.05, 4.69) is 6.92 Å². The van der Waals surface area contributed by atoms with E-state index >= 15 is 0 Å². The van der Waals surface area contributed by atoms with Crippen LogP contribution in [0.3, 0.4) is 0 Å². The number of carbonyl (C=O) groups excluding carboxylic acids is 1. The molecule has 0 aliphatic heterocycles. The minimum Gasteiger partial charge on any atom is -0.493 e. The molecule has 0 saturated heterocycles. The third-order valence-electron chi connectivity index (χ3n) is 6.62. The topological polar surface area (TPSA) is 85.3 Å². The van der Waals surface area contributed by atoms with Crippen molar-refractivity contribution in [1.82, 2.24) is 4.90 Å². The van der Waals surface area contributed by atoms with Crippen molar-refractivity contribution in [2.45, 2.75) is 52.0 Å². The summed E-state index contributed by atoms with van der Waals surface area (Å²) in [6, 6.07) is 15.0. The van der Waals surface area contributed by atoms with Crippen LogP contribution in [0.1, 0.15) is 60.5 Å². The molecule has 0 aliphatic rings. The number of carboxylic acids is 1. The van der Waals surface area contributed by atoms with Gasteiger partial charge in [0, 0.05) is 36.7 Å². The predicted molar refractivity (Wildman–Crippen MR) is 152 cm³/mol. The lowest BCUT2D eigenvalue weighted by Gasteiger charge is -2.24. The lowest BCUT2D eigenvalue weighted by atomic mass is 10.1. The number of carboxylic acid groups (broad SMARTS) is 1. The van der Waals surface area contributed by atoms with E-state index in [9.17, 15) is 23.5 Å². The van der Waals surface area contributed by atoms with Crippen molar-refractivity contribution in [3.8, 4) is 17.2 Å². The highest BCUT2D eigenvalue weighted by atomic mass is 19.1. The van der Waals surface area contributed by atoms with Crippen molar-refractivity contribution in [2.24, 2.45) is 0 Å². The second-order valence-electron chi connectivity index (χ2n) is 9.60. The number of amides is 1. The van der Waals surface area contributed by atoms with E-state index in [4.69, 9.17) is 14.2 Å². The van der Waals surface area contributed by atoms with Crippen LogP contribution in [-0.4, -0.2) is 48.8 Å². The number of nitrogens with zero attached hydrogens (tertiary/aromatic N) is 1. The minimum atomic E-state index is -1.07. The van der Waals surface area contributed by atoms with Gasteiger partial charge < -0.3 is 24.2 Å². The summed E-state index contributed by atoms with van der Waals surface area (Å²) < 4.78 is 44.9. The van der Waals surface area contributed by atoms with Gasteiger partial charge in [0.15, 0.2) is 18.1 Å². The Morgan fingerprint density at radius 3 is 2.37 bits per heavy atom. The Balaban J connectivity index is 1.66. The largest absolute Gasteiger partial charge is 0.493 e. The molecule has 0 aliphatic carbocycles. The van der Waals surface area contributed by atoms with Gasteiger partial charge in [-0.25, -0.2) is 13.6 Å². The number of para-hydroxylation sites is 2. The van der Waals surface area contributed by atoms with Crippen LogP contribution in [0.4, 0.5) is 8.78 Å². The molecule has 0 heterocycles. The van der Waals surface area contributed by atoms with E-state index in [1.807, 2.05) is 6.07 Å². The summed E-state index contributed by atoms with van der Waals surface area (Å²) in [5.74, 6) is -1.70. The van der Waals surface area contributed by atoms with Crippen LogP contribution in [0.15, 0.2) is 60.7 Å². The molecule has 0 fully saturated rings. The molecule has 0 atom stereocenters. The number of hydrogen-bond donors (Lipinski definition) is 1. The Morgan fingerprint density at radius 2 is 1.63 bits per heavy atom. The molecule has 3 aromatic carbocycles. The smallest absolute Gasteiger partial charge is 0.339 e. The first-order valence-electron chi connectivity index (χ1n) is 13.8. The van der Waals surface area contributed by atoms with Crippen LogP contribution in [0.5, 0.6) is 17.2 Å². The normalized spacial score (nSPS) is 10.7. The maximum Gasteiger partial charge on any atom is 0.339 e. The van der Waals surface area contributed by atoms with Gasteiger partial charge in [0.05, 0.1) is 13.7 Å². The van der Waals surface area contributed by atoms with Gasteiger partial charge in [0.2, 0.25) is 0 Å². The molecule has 0 bridgehead atoms. The van der Waals surface area contributed by atoms with Crippen molar-refractivity contribution < 1.29 is 37.7 Å². The fourth-order valence-corrected chi connectivity index (χ4v) is 4.43. The lowest BCUT2D eigenvalue weighted by Crippen LogP contribution is -2.35. The van der Waals surface area contributed by atoms with Gasteiger partial charge in [-0.15, -0.1) is 0 Å². The predicted octanol–water partition coefficient (Wildman–Crippen LogP) is 6.67. The summed E-state index contributed by atoms with van der Waals surface area (Å²) in [5, 5.41) is 9.35. The molecule has 0 saturated carbocycles. The standard InChI is InChI=1S/C32H37F2NO6/c1-3-4-5-6-9-18-35(21-24-15-16-25(33)20-27(24)34)30(36)22-41-29-14-10-11-23(31(29)39-2)17-19-40-28-13-8-7-12-26(28)32(37)38/h7-8,10-16,20H,3-6,9,17-19,21-22H2,1-2H3,(H,37,38). The third-order valence-corrected chi connectivity index (χ3v) is 6.62. The number of halogens is 2. The van der Waals surface area contributed by atoms with E-state index in [1.165, 1.54) is 30.2 Å². The number of ether oxygens (including phenoxy) is 3. The van der Waals surface area contributed by atoms with Crippen molar-refractivity contribution in [3.05, 3.63) is 89.0 Å². The van der Waals surface area contributed by atoms with Gasteiger partial charge in [-0.1, -0.05) is 62.9 Å². The number of methoxy groups -OCH3 is 1. The van der Waals surface area contributed by atoms with Crippen LogP contribution in [0.2, 0.25) is 0 Å². The number of unbranched alkanes of at least 4 members (excludes halogenated alkanes) is 4. The molecule has 0 aromatic heterocycles. The summed E-state index contributed by atoms with van der Waals surface area (Å²) in [7, 11) is 1.49. The van der Waals surface area contributed by atoms with Gasteiger partial charge in [-0.2, -0.15) is 0 Å². The quantitative estimate of drug-likeness (QED) is 0.183. The summed E-state index contributed by atoms with van der Waals surface area (Å²) >= 11 is 0. The summed E-state index contributed by atoms with van der Waals surface area (Å²) in [5.41, 5.74) is 1.06. The monoisotopic (exact) mass is 569 g/mol. The molecule has 1 amide bonds. The Morgan fingerprint density at radius 1 is 0.878 bits per heavy atom. The number of hydrogen-bond acceptors (Lipinski definition) is 5. The summed E-state index contributed by atoms with van der Waals surface area (Å²) in [6.07, 6.45) is 5.36. The van der Waals surface area contributed by atoms with Crippen molar-refractivity contribution >= 4 is 11.9 Å². The molecular formula is C32H37F2NO6. The zero-order valence-corrected chi connectivity index (χ0v) is 23.5. The first kappa shape index (κ1) is 31.4. The zero-order valence-electron chi connectivity index (χ0n) is 23.5. The van der Waals surface area contributed by atoms with Crippen molar-refractivity contribution in [2.75, 3.05) is 26.9 Å². The number of aromatic carboxylic acids is 1. The van der Waals surface area contributed by atoms with E-state index in [0.717, 1.165) is 43.7 Å². The lowest BCUT2D eigenvalue weighted by molar-refractivity contribution is -0.134. The van der Waals surface area contributed by atoms with E-state index < -0.39 is 17.6 Å². The Kier molecular flexibility index (Phi) is 12.4. The number of rotatable bonds is 17. The average molecular weight is 570 g/mol. The molecule has 0 radical (unpaired) electrons. The molecule has 3 aromatic rings. The minimum absolute atomic E-state index is 0.00835. The van der Waals surface area contributed by atoms with E-state index in [0.29, 0.717) is 24.5 Å². The number of carbonyl (C=O) groups is 2. The third kappa shape index (κ3) is 9.48. The van der Waals surface area contributed by atoms with Crippen LogP contribution in [0, 0.1) is 11.6 Å². The highest BCUT2D eigenvalue weighted by Gasteiger charge is 2.19. The van der Waals surface area contributed by atoms with E-state index in [1.54, 1.807) is 30.3 Å². The first-order valence-corrected chi connectivity index (χ1v) is 13.8. The average Bonchev–Trinajstić information content (AvgIpc) is 2.96. The van der Waals surface area contributed by atoms with Crippen LogP contribution in [-0.2, 0) is 17.8 Å². The highest BCUT2D eigenvalue weighted by molar-refractivity contribution is 5.90. The van der Waals surface area contributed by atoms with Gasteiger partial charge in [-0.3, -0.25) is 4.79 Å². The summed E-state index contributed by atoms with van der Waals surface area (Å²) in [4.78, 5) is 26.2. The molecule has 1 N–H and O–H groups in total. The fourth-order valence-electron chi connectivity index (χ4n) is 4.43. The molecule has 7 nitrogen and oxygen atoms in total. The second-order valence-corrected chi connectivity index (χ2v) is 9.60. The molecule has 9 heteroatoms. The SMILES string of the molecule is CCCCCCCN(Cc1ccc(F)cc1F)C(=O)COc1cccc(CCOc2ccccc2C(=O)O)c1OC. The van der Waals surface area contributed by atoms with Gasteiger partial charge in [-0.05, 0) is 30.7 Å². The molecule has 41 heavy (non-hydrogen) atoms. The zero-order chi connectivity index (χ0) is 29.6. The molecule has 0 unspecified atom stereocenters.